The third kappa shape index (κ3) is 12.5. The third-order valence-electron chi connectivity index (χ3n) is 11.0. The van der Waals surface area contributed by atoms with Crippen LogP contribution in [0.4, 0.5) is 5.69 Å². The zero-order valence-electron chi connectivity index (χ0n) is 37.1. The van der Waals surface area contributed by atoms with Gasteiger partial charge in [0.1, 0.15) is 24.7 Å². The maximum Gasteiger partial charge on any atom is 0.333 e. The number of carbonyl (C=O) groups excluding carboxylic acids is 3. The molecular weight excluding hydrogens is 819 g/mol. The van der Waals surface area contributed by atoms with Gasteiger partial charge in [-0.05, 0) is 71.9 Å². The smallest absolute Gasteiger partial charge is 0.333 e. The zero-order chi connectivity index (χ0) is 45.1. The molecule has 2 amide bonds. The Hall–Kier alpha value is -4.71. The number of unbranched alkanes of at least 4 members (excludes halogenated alkanes) is 2. The fourth-order valence-corrected chi connectivity index (χ4v) is 8.12. The summed E-state index contributed by atoms with van der Waals surface area (Å²) < 4.78 is 65.0. The molecule has 1 aromatic carbocycles. The van der Waals surface area contributed by atoms with Crippen LogP contribution in [0.5, 0.6) is 0 Å². The molecule has 15 nitrogen and oxygen atoms in total. The maximum absolute atomic E-state index is 12.4. The number of ether oxygens (including phenoxy) is 4. The van der Waals surface area contributed by atoms with Gasteiger partial charge in [-0.2, -0.15) is 8.42 Å². The molecule has 0 saturated carbocycles. The first-order valence-electron chi connectivity index (χ1n) is 21.1. The lowest BCUT2D eigenvalue weighted by atomic mass is 9.82. The summed E-state index contributed by atoms with van der Waals surface area (Å²) >= 11 is 0. The molecule has 16 heteroatoms. The summed E-state index contributed by atoms with van der Waals surface area (Å²) in [5.41, 5.74) is 3.70. The number of hydrogen-bond acceptors (Lipinski definition) is 12. The summed E-state index contributed by atoms with van der Waals surface area (Å²) in [5.74, 6) is -0.304. The van der Waals surface area contributed by atoms with Gasteiger partial charge in [-0.15, -0.1) is 5.06 Å². The number of imide groups is 1. The van der Waals surface area contributed by atoms with Crippen molar-refractivity contribution in [3.63, 3.8) is 0 Å². The molecule has 5 rings (SSSR count). The van der Waals surface area contributed by atoms with Crippen molar-refractivity contribution in [3.05, 3.63) is 82.6 Å². The van der Waals surface area contributed by atoms with E-state index in [9.17, 15) is 27.4 Å². The summed E-state index contributed by atoms with van der Waals surface area (Å²) in [5, 5.41) is 1.53. The Kier molecular flexibility index (Phi) is 16.8. The molecule has 3 aliphatic heterocycles. The lowest BCUT2D eigenvalue weighted by Gasteiger charge is -2.27. The number of amides is 2. The van der Waals surface area contributed by atoms with Crippen molar-refractivity contribution in [3.8, 4) is 11.3 Å². The van der Waals surface area contributed by atoms with E-state index in [2.05, 4.69) is 54.5 Å². The molecule has 3 heterocycles. The van der Waals surface area contributed by atoms with Gasteiger partial charge in [-0.1, -0.05) is 47.1 Å². The van der Waals surface area contributed by atoms with E-state index in [1.165, 1.54) is 12.1 Å². The van der Waals surface area contributed by atoms with Gasteiger partial charge in [0.05, 0.1) is 37.4 Å². The number of carbonyl (C=O) groups is 3. The van der Waals surface area contributed by atoms with Crippen LogP contribution in [0.3, 0.4) is 0 Å². The third-order valence-corrected chi connectivity index (χ3v) is 11.8. The minimum absolute atomic E-state index is 0.0331. The van der Waals surface area contributed by atoms with E-state index in [1.807, 2.05) is 32.1 Å². The van der Waals surface area contributed by atoms with Crippen LogP contribution in [0, 0.1) is 0 Å². The molecule has 0 atom stereocenters. The van der Waals surface area contributed by atoms with Gasteiger partial charge in [0.15, 0.2) is 13.1 Å². The summed E-state index contributed by atoms with van der Waals surface area (Å²) in [6, 6.07) is 12.9. The predicted octanol–water partition coefficient (Wildman–Crippen LogP) is 5.89. The summed E-state index contributed by atoms with van der Waals surface area (Å²) in [6.45, 7) is 15.4. The Balaban J connectivity index is 1.43. The van der Waals surface area contributed by atoms with Gasteiger partial charge in [0.25, 0.3) is 21.9 Å². The molecule has 0 radical (unpaired) electrons. The van der Waals surface area contributed by atoms with Crippen LogP contribution in [0.1, 0.15) is 90.0 Å². The number of fused-ring (bicyclic) bond motifs is 2. The Morgan fingerprint density at radius 2 is 1.55 bits per heavy atom. The molecule has 1 fully saturated rings. The Morgan fingerprint density at radius 3 is 2.16 bits per heavy atom. The van der Waals surface area contributed by atoms with E-state index >= 15 is 0 Å². The second kappa shape index (κ2) is 21.6. The number of benzene rings is 2. The van der Waals surface area contributed by atoms with E-state index in [0.29, 0.717) is 89.4 Å². The first kappa shape index (κ1) is 48.3. The van der Waals surface area contributed by atoms with Crippen LogP contribution in [0.2, 0.25) is 0 Å². The van der Waals surface area contributed by atoms with E-state index in [-0.39, 0.29) is 29.6 Å². The fourth-order valence-electron chi connectivity index (χ4n) is 7.61. The largest absolute Gasteiger partial charge is 0.456 e. The SMILES string of the molecule is COCCOCC[N+](CCOCCOC)=c1ccc2c(C(C)(C)C)cc(/C=C/C=C3/N(CCCCCC(=O)ON4C(=O)CCC4=O)c4ccc(S(=O)(=O)O)cc4C3(C)C)oc-2c1. The van der Waals surface area contributed by atoms with Gasteiger partial charge >= 0.3 is 5.97 Å². The number of allylic oxidation sites excluding steroid dienone is 3. The van der Waals surface area contributed by atoms with Crippen LogP contribution in [0.15, 0.2) is 69.6 Å². The van der Waals surface area contributed by atoms with Crippen molar-refractivity contribution in [2.45, 2.75) is 88.9 Å². The van der Waals surface area contributed by atoms with Gasteiger partial charge < -0.3 is 33.1 Å². The van der Waals surface area contributed by atoms with E-state index in [4.69, 9.17) is 28.2 Å². The summed E-state index contributed by atoms with van der Waals surface area (Å²) in [6.07, 6.45) is 7.73. The number of hydrogen-bond donors (Lipinski definition) is 1. The van der Waals surface area contributed by atoms with Crippen molar-refractivity contribution >= 4 is 39.7 Å². The van der Waals surface area contributed by atoms with E-state index in [0.717, 1.165) is 39.2 Å². The van der Waals surface area contributed by atoms with Crippen molar-refractivity contribution < 1.29 is 55.6 Å². The highest BCUT2D eigenvalue weighted by Crippen LogP contribution is 2.48. The average Bonchev–Trinajstić information content (AvgIpc) is 3.64. The number of nitrogens with zero attached hydrogens (tertiary/aromatic N) is 3. The Bertz CT molecular complexity index is 2240. The molecule has 1 aromatic rings. The highest BCUT2D eigenvalue weighted by molar-refractivity contribution is 7.85. The highest BCUT2D eigenvalue weighted by atomic mass is 32.2. The number of methoxy groups -OCH3 is 2. The second-order valence-electron chi connectivity index (χ2n) is 16.9. The monoisotopic (exact) mass is 880 g/mol. The molecule has 338 valence electrons. The quantitative estimate of drug-likeness (QED) is 0.0549. The van der Waals surface area contributed by atoms with Gasteiger partial charge in [0.2, 0.25) is 5.36 Å². The molecule has 62 heavy (non-hydrogen) atoms. The number of rotatable bonds is 22. The fraction of sp³-hybridized carbons (Fsp3) is 0.522. The van der Waals surface area contributed by atoms with Crippen molar-refractivity contribution in [1.82, 2.24) is 9.64 Å². The summed E-state index contributed by atoms with van der Waals surface area (Å²) in [7, 11) is -1.15. The van der Waals surface area contributed by atoms with Crippen molar-refractivity contribution in [2.24, 2.45) is 0 Å². The van der Waals surface area contributed by atoms with Crippen LogP contribution in [-0.4, -0.2) is 109 Å². The molecule has 0 unspecified atom stereocenters. The standard InChI is InChI=1S/C46H61N3O12S/c1-45(2,3)37-31-34(60-40-30-33(15-17-36(37)40)47(22-24-58-28-26-56-6)23-25-59-29-27-57-7)12-11-13-41-46(4,5)38-32-35(62(53,54)55)16-18-39(38)48(41)21-10-8-9-14-44(52)61-49-42(50)19-20-43(49)51/h11-13,15-18,30-32H,8-10,14,19-29H2,1-7H3/p+1. The van der Waals surface area contributed by atoms with Gasteiger partial charge in [-0.3, -0.25) is 14.1 Å². The van der Waals surface area contributed by atoms with Gasteiger partial charge in [0, 0.05) is 68.5 Å². The molecule has 0 spiro atoms. The normalized spacial score (nSPS) is 16.0. The topological polar surface area (TPSA) is 174 Å². The van der Waals surface area contributed by atoms with Crippen LogP contribution in [-0.2, 0) is 59.1 Å². The van der Waals surface area contributed by atoms with E-state index in [1.54, 1.807) is 20.3 Å². The van der Waals surface area contributed by atoms with Crippen LogP contribution < -0.4 is 14.8 Å². The molecule has 4 aliphatic rings. The van der Waals surface area contributed by atoms with Crippen LogP contribution >= 0.6 is 0 Å². The lowest BCUT2D eigenvalue weighted by Crippen LogP contribution is -2.36. The molecule has 1 N–H and O–H groups in total. The van der Waals surface area contributed by atoms with Gasteiger partial charge in [-0.25, -0.2) is 9.37 Å². The lowest BCUT2D eigenvalue weighted by molar-refractivity contribution is -0.197. The van der Waals surface area contributed by atoms with Crippen LogP contribution in [0.25, 0.3) is 17.4 Å². The molecule has 0 bridgehead atoms. The number of anilines is 1. The Morgan fingerprint density at radius 1 is 0.887 bits per heavy atom. The zero-order valence-corrected chi connectivity index (χ0v) is 37.9. The first-order chi connectivity index (χ1) is 29.4. The Labute approximate surface area is 365 Å². The molecular formula is C46H62N3O12S+. The molecule has 1 saturated heterocycles. The van der Waals surface area contributed by atoms with Crippen molar-refractivity contribution in [1.29, 1.82) is 0 Å². The molecule has 1 aliphatic carbocycles. The second-order valence-corrected chi connectivity index (χ2v) is 18.3. The first-order valence-corrected chi connectivity index (χ1v) is 22.5. The number of hydroxylamine groups is 2. The average molecular weight is 881 g/mol. The minimum Gasteiger partial charge on any atom is -0.456 e. The van der Waals surface area contributed by atoms with E-state index < -0.39 is 33.3 Å². The maximum atomic E-state index is 12.4. The minimum atomic E-state index is -4.45. The predicted molar refractivity (Wildman–Crippen MR) is 234 cm³/mol. The summed E-state index contributed by atoms with van der Waals surface area (Å²) in [4.78, 5) is 43.1. The molecule has 0 aromatic heterocycles. The highest BCUT2D eigenvalue weighted by Gasteiger charge is 2.40. The van der Waals surface area contributed by atoms with Crippen molar-refractivity contribution in [2.75, 3.05) is 78.4 Å².